The Morgan fingerprint density at radius 1 is 1.35 bits per heavy atom. The summed E-state index contributed by atoms with van der Waals surface area (Å²) in [6.45, 7) is 7.55. The largest absolute Gasteiger partial charge is 0.489 e. The third-order valence-electron chi connectivity index (χ3n) is 3.27. The van der Waals surface area contributed by atoms with Crippen molar-refractivity contribution in [2.24, 2.45) is 0 Å². The predicted molar refractivity (Wildman–Crippen MR) is 84.6 cm³/mol. The van der Waals surface area contributed by atoms with Crippen LogP contribution in [0, 0.1) is 18.6 Å². The SMILES string of the molecule is CC.Cc1c(F)c(F)c(C(=O)O)c(OCC2CNCCN2)c1Cl. The minimum atomic E-state index is -1.63. The van der Waals surface area contributed by atoms with Gasteiger partial charge in [0.1, 0.15) is 12.2 Å². The molecule has 3 N–H and O–H groups in total. The number of carbonyl (C=O) groups is 1. The molecule has 5 nitrogen and oxygen atoms in total. The zero-order valence-electron chi connectivity index (χ0n) is 13.3. The van der Waals surface area contributed by atoms with E-state index in [1.807, 2.05) is 13.8 Å². The lowest BCUT2D eigenvalue weighted by molar-refractivity contribution is 0.0684. The van der Waals surface area contributed by atoms with Crippen molar-refractivity contribution >= 4 is 17.6 Å². The number of carboxylic acid groups (broad SMARTS) is 1. The van der Waals surface area contributed by atoms with Gasteiger partial charge in [-0.3, -0.25) is 0 Å². The van der Waals surface area contributed by atoms with E-state index in [9.17, 15) is 13.6 Å². The van der Waals surface area contributed by atoms with Crippen LogP contribution in [0.4, 0.5) is 8.78 Å². The van der Waals surface area contributed by atoms with E-state index in [4.69, 9.17) is 21.4 Å². The van der Waals surface area contributed by atoms with E-state index >= 15 is 0 Å². The first-order chi connectivity index (χ1) is 10.9. The van der Waals surface area contributed by atoms with Gasteiger partial charge in [-0.2, -0.15) is 0 Å². The Kier molecular flexibility index (Phi) is 7.67. The maximum absolute atomic E-state index is 13.8. The monoisotopic (exact) mass is 350 g/mol. The standard InChI is InChI=1S/C13H15ClF2N2O3.C2H6/c1-6-9(14)12(8(13(19)20)11(16)10(6)15)21-5-7-4-17-2-3-18-7;1-2/h7,17-18H,2-5H2,1H3,(H,19,20);1-2H3. The van der Waals surface area contributed by atoms with Gasteiger partial charge in [0.05, 0.1) is 11.1 Å². The molecule has 8 heteroatoms. The Bertz CT molecular complexity index is 564. The molecule has 0 radical (unpaired) electrons. The first-order valence-electron chi connectivity index (χ1n) is 7.40. The third kappa shape index (κ3) is 4.53. The minimum absolute atomic E-state index is 0.0649. The summed E-state index contributed by atoms with van der Waals surface area (Å²) in [6, 6.07) is -0.0649. The molecule has 23 heavy (non-hydrogen) atoms. The van der Waals surface area contributed by atoms with Crippen LogP contribution in [0.25, 0.3) is 0 Å². The number of hydrogen-bond acceptors (Lipinski definition) is 4. The van der Waals surface area contributed by atoms with Gasteiger partial charge < -0.3 is 20.5 Å². The van der Waals surface area contributed by atoms with E-state index in [0.29, 0.717) is 6.54 Å². The molecule has 1 aliphatic heterocycles. The summed E-state index contributed by atoms with van der Waals surface area (Å²) in [5.41, 5.74) is -1.06. The van der Waals surface area contributed by atoms with Crippen LogP contribution in [0.15, 0.2) is 0 Å². The van der Waals surface area contributed by atoms with Gasteiger partial charge in [0.15, 0.2) is 17.4 Å². The van der Waals surface area contributed by atoms with Gasteiger partial charge in [0.25, 0.3) is 0 Å². The molecule has 130 valence electrons. The van der Waals surface area contributed by atoms with Gasteiger partial charge in [-0.1, -0.05) is 25.4 Å². The van der Waals surface area contributed by atoms with E-state index in [-0.39, 0.29) is 29.0 Å². The number of ether oxygens (including phenoxy) is 1. The Balaban J connectivity index is 0.00000127. The van der Waals surface area contributed by atoms with Crippen molar-refractivity contribution < 1.29 is 23.4 Å². The smallest absolute Gasteiger partial charge is 0.342 e. The molecule has 1 aromatic carbocycles. The van der Waals surface area contributed by atoms with Crippen molar-refractivity contribution in [2.75, 3.05) is 26.2 Å². The molecule has 1 aromatic rings. The van der Waals surface area contributed by atoms with E-state index in [1.54, 1.807) is 0 Å². The topological polar surface area (TPSA) is 70.6 Å². The minimum Gasteiger partial charge on any atom is -0.489 e. The van der Waals surface area contributed by atoms with Gasteiger partial charge in [-0.05, 0) is 6.92 Å². The zero-order chi connectivity index (χ0) is 17.6. The number of carboxylic acids is 1. The van der Waals surface area contributed by atoms with E-state index < -0.39 is 23.2 Å². The molecular weight excluding hydrogens is 330 g/mol. The van der Waals surface area contributed by atoms with Crippen molar-refractivity contribution in [3.63, 3.8) is 0 Å². The zero-order valence-corrected chi connectivity index (χ0v) is 14.1. The van der Waals surface area contributed by atoms with E-state index in [1.165, 1.54) is 6.92 Å². The number of rotatable bonds is 4. The molecule has 2 rings (SSSR count). The Hall–Kier alpha value is -1.44. The maximum atomic E-state index is 13.8. The highest BCUT2D eigenvalue weighted by atomic mass is 35.5. The molecule has 1 saturated heterocycles. The molecule has 1 heterocycles. The number of benzene rings is 1. The average Bonchev–Trinajstić information content (AvgIpc) is 2.57. The second-order valence-corrected chi connectivity index (χ2v) is 5.12. The summed E-state index contributed by atoms with van der Waals surface area (Å²) in [5.74, 6) is -4.71. The van der Waals surface area contributed by atoms with Crippen molar-refractivity contribution in [3.05, 3.63) is 27.8 Å². The summed E-state index contributed by atoms with van der Waals surface area (Å²) in [7, 11) is 0. The number of nitrogens with one attached hydrogen (secondary N) is 2. The summed E-state index contributed by atoms with van der Waals surface area (Å²) in [6.07, 6.45) is 0. The lowest BCUT2D eigenvalue weighted by Crippen LogP contribution is -2.51. The molecule has 1 aliphatic rings. The number of halogens is 3. The highest BCUT2D eigenvalue weighted by Gasteiger charge is 2.28. The van der Waals surface area contributed by atoms with Crippen LogP contribution < -0.4 is 15.4 Å². The number of aromatic carboxylic acids is 1. The molecule has 0 aliphatic carbocycles. The third-order valence-corrected chi connectivity index (χ3v) is 3.72. The van der Waals surface area contributed by atoms with Crippen molar-refractivity contribution in [3.8, 4) is 5.75 Å². The molecule has 0 amide bonds. The van der Waals surface area contributed by atoms with Crippen molar-refractivity contribution in [2.45, 2.75) is 26.8 Å². The fraction of sp³-hybridized carbons (Fsp3) is 0.533. The molecule has 0 bridgehead atoms. The van der Waals surface area contributed by atoms with Gasteiger partial charge in [-0.15, -0.1) is 0 Å². The summed E-state index contributed by atoms with van der Waals surface area (Å²) in [4.78, 5) is 11.1. The summed E-state index contributed by atoms with van der Waals surface area (Å²) < 4.78 is 32.7. The maximum Gasteiger partial charge on any atom is 0.342 e. The fourth-order valence-electron chi connectivity index (χ4n) is 2.09. The van der Waals surface area contributed by atoms with Crippen LogP contribution in [0.5, 0.6) is 5.75 Å². The van der Waals surface area contributed by atoms with Gasteiger partial charge in [0.2, 0.25) is 0 Å². The lowest BCUT2D eigenvalue weighted by Gasteiger charge is -2.25. The van der Waals surface area contributed by atoms with Gasteiger partial charge in [-0.25, -0.2) is 13.6 Å². The molecule has 0 spiro atoms. The highest BCUT2D eigenvalue weighted by molar-refractivity contribution is 6.33. The fourth-order valence-corrected chi connectivity index (χ4v) is 2.32. The second kappa shape index (κ2) is 9.00. The van der Waals surface area contributed by atoms with Crippen LogP contribution in [0.3, 0.4) is 0 Å². The van der Waals surface area contributed by atoms with Crippen LogP contribution in [-0.2, 0) is 0 Å². The van der Waals surface area contributed by atoms with Crippen LogP contribution in [0.2, 0.25) is 5.02 Å². The molecule has 1 fully saturated rings. The first-order valence-corrected chi connectivity index (χ1v) is 7.78. The molecule has 0 aromatic heterocycles. The van der Waals surface area contributed by atoms with E-state index in [2.05, 4.69) is 10.6 Å². The molecular formula is C15H21ClF2N2O3. The van der Waals surface area contributed by atoms with Gasteiger partial charge in [0, 0.05) is 25.2 Å². The molecule has 0 saturated carbocycles. The Morgan fingerprint density at radius 2 is 2.00 bits per heavy atom. The van der Waals surface area contributed by atoms with Crippen LogP contribution in [0.1, 0.15) is 29.8 Å². The summed E-state index contributed by atoms with van der Waals surface area (Å²) >= 11 is 5.91. The predicted octanol–water partition coefficient (Wildman–Crippen LogP) is 2.59. The van der Waals surface area contributed by atoms with Gasteiger partial charge >= 0.3 is 5.97 Å². The Labute approximate surface area is 139 Å². The van der Waals surface area contributed by atoms with Crippen LogP contribution in [-0.4, -0.2) is 43.4 Å². The van der Waals surface area contributed by atoms with E-state index in [0.717, 1.165) is 13.1 Å². The van der Waals surface area contributed by atoms with Crippen LogP contribution >= 0.6 is 11.6 Å². The van der Waals surface area contributed by atoms with Crippen molar-refractivity contribution in [1.82, 2.24) is 10.6 Å². The lowest BCUT2D eigenvalue weighted by atomic mass is 10.1. The normalized spacial score (nSPS) is 17.2. The Morgan fingerprint density at radius 3 is 2.52 bits per heavy atom. The highest BCUT2D eigenvalue weighted by Crippen LogP contribution is 2.36. The summed E-state index contributed by atoms with van der Waals surface area (Å²) in [5, 5.41) is 15.1. The quantitative estimate of drug-likeness (QED) is 0.728. The number of piperazine rings is 1. The molecule has 1 atom stereocenters. The average molecular weight is 351 g/mol. The first kappa shape index (κ1) is 19.6. The second-order valence-electron chi connectivity index (χ2n) is 4.74. The number of hydrogen-bond donors (Lipinski definition) is 3. The van der Waals surface area contributed by atoms with Crippen molar-refractivity contribution in [1.29, 1.82) is 0 Å². The molecule has 1 unspecified atom stereocenters.